The van der Waals surface area contributed by atoms with Crippen LogP contribution in [-0.4, -0.2) is 21.9 Å². The van der Waals surface area contributed by atoms with Gasteiger partial charge in [-0.2, -0.15) is 10.1 Å². The molecule has 29 heavy (non-hydrogen) atoms. The molecule has 1 aromatic carbocycles. The summed E-state index contributed by atoms with van der Waals surface area (Å²) in [4.78, 5) is 30.1. The molecule has 2 amide bonds. The van der Waals surface area contributed by atoms with Crippen molar-refractivity contribution < 1.29 is 9.59 Å². The summed E-state index contributed by atoms with van der Waals surface area (Å²) in [5, 5.41) is 10.2. The summed E-state index contributed by atoms with van der Waals surface area (Å²) in [5.41, 5.74) is 2.55. The van der Waals surface area contributed by atoms with Gasteiger partial charge < -0.3 is 10.2 Å². The normalized spacial score (nSPS) is 19.4. The lowest BCUT2D eigenvalue weighted by Gasteiger charge is -2.19. The summed E-state index contributed by atoms with van der Waals surface area (Å²) in [6.45, 7) is 0. The Morgan fingerprint density at radius 1 is 1.03 bits per heavy atom. The first-order chi connectivity index (χ1) is 14.2. The number of allylic oxidation sites excluding steroid dienone is 6. The van der Waals surface area contributed by atoms with E-state index in [0.29, 0.717) is 16.3 Å². The summed E-state index contributed by atoms with van der Waals surface area (Å²) in [7, 11) is 0. The van der Waals surface area contributed by atoms with E-state index in [2.05, 4.69) is 20.5 Å². The van der Waals surface area contributed by atoms with Crippen molar-refractivity contribution in [3.8, 4) is 0 Å². The lowest BCUT2D eigenvalue weighted by Crippen LogP contribution is -2.20. The van der Waals surface area contributed by atoms with E-state index in [1.165, 1.54) is 6.20 Å². The Kier molecular flexibility index (Phi) is 5.44. The first-order valence-electron chi connectivity index (χ1n) is 8.70. The molecule has 0 atom stereocenters. The highest BCUT2D eigenvalue weighted by molar-refractivity contribution is 8.18. The van der Waals surface area contributed by atoms with Crippen molar-refractivity contribution in [1.82, 2.24) is 10.2 Å². The van der Waals surface area contributed by atoms with Gasteiger partial charge in [-0.1, -0.05) is 18.2 Å². The van der Waals surface area contributed by atoms with Crippen LogP contribution in [0.2, 0.25) is 0 Å². The molecule has 7 nitrogen and oxygen atoms in total. The van der Waals surface area contributed by atoms with E-state index >= 15 is 0 Å². The number of hydrogen-bond acceptors (Lipinski definition) is 6. The number of amides is 2. The zero-order valence-corrected chi connectivity index (χ0v) is 15.9. The first kappa shape index (κ1) is 18.6. The molecule has 142 valence electrons. The predicted molar refractivity (Wildman–Crippen MR) is 113 cm³/mol. The fraction of sp³-hybridized carbons (Fsp3) is 0. The Labute approximate surface area is 171 Å². The third kappa shape index (κ3) is 4.39. The summed E-state index contributed by atoms with van der Waals surface area (Å²) in [5.74, 6) is -0.00794. The van der Waals surface area contributed by atoms with E-state index in [1.54, 1.807) is 29.2 Å². The molecule has 0 radical (unpaired) electrons. The van der Waals surface area contributed by atoms with Gasteiger partial charge in [0, 0.05) is 30.4 Å². The number of thioether (sulfide) groups is 1. The van der Waals surface area contributed by atoms with Crippen molar-refractivity contribution in [1.29, 1.82) is 0 Å². The highest BCUT2D eigenvalue weighted by Crippen LogP contribution is 2.30. The molecule has 0 spiro atoms. The highest BCUT2D eigenvalue weighted by Gasteiger charge is 2.25. The molecule has 0 unspecified atom stereocenters. The first-order valence-corrected chi connectivity index (χ1v) is 9.52. The number of azo groups is 1. The maximum Gasteiger partial charge on any atom is 0.311 e. The standard InChI is InChI=1S/C21H15N5O2S/c27-20(17-4-2-1-3-5-17)25-23-14-18-19(24-21(28)29-18)26-12-8-16(9-13-26)15-6-10-22-11-7-15/h1-14,22H. The van der Waals surface area contributed by atoms with Gasteiger partial charge in [-0.05, 0) is 59.3 Å². The third-order valence-electron chi connectivity index (χ3n) is 4.08. The van der Waals surface area contributed by atoms with Crippen LogP contribution in [0.4, 0.5) is 4.79 Å². The van der Waals surface area contributed by atoms with E-state index in [9.17, 15) is 9.59 Å². The van der Waals surface area contributed by atoms with Crippen molar-refractivity contribution >= 4 is 28.7 Å². The zero-order chi connectivity index (χ0) is 20.1. The fourth-order valence-corrected chi connectivity index (χ4v) is 3.35. The summed E-state index contributed by atoms with van der Waals surface area (Å²) in [6.07, 6.45) is 16.6. The Hall–Kier alpha value is -3.78. The minimum absolute atomic E-state index is 0.342. The minimum Gasteiger partial charge on any atom is -0.368 e. The molecule has 0 fully saturated rings. The average molecular weight is 401 g/mol. The molecule has 3 aliphatic rings. The molecule has 1 aromatic rings. The van der Waals surface area contributed by atoms with E-state index in [0.717, 1.165) is 22.9 Å². The largest absolute Gasteiger partial charge is 0.368 e. The Balaban J connectivity index is 1.49. The molecule has 3 heterocycles. The van der Waals surface area contributed by atoms with Crippen LogP contribution in [0.5, 0.6) is 0 Å². The molecule has 4 rings (SSSR count). The Morgan fingerprint density at radius 2 is 1.72 bits per heavy atom. The molecule has 3 aliphatic heterocycles. The van der Waals surface area contributed by atoms with Gasteiger partial charge in [0.25, 0.3) is 5.91 Å². The van der Waals surface area contributed by atoms with E-state index < -0.39 is 5.91 Å². The number of carbonyl (C=O) groups is 2. The molecule has 0 saturated heterocycles. The quantitative estimate of drug-likeness (QED) is 0.729. The van der Waals surface area contributed by atoms with Gasteiger partial charge in [0.05, 0.1) is 11.1 Å². The molecular weight excluding hydrogens is 386 g/mol. The fourth-order valence-electron chi connectivity index (χ4n) is 2.68. The Morgan fingerprint density at radius 3 is 2.45 bits per heavy atom. The summed E-state index contributed by atoms with van der Waals surface area (Å²) in [6, 6.07) is 8.66. The van der Waals surface area contributed by atoms with Crippen molar-refractivity contribution in [2.24, 2.45) is 15.2 Å². The second-order valence-corrected chi connectivity index (χ2v) is 6.96. The van der Waals surface area contributed by atoms with Crippen LogP contribution in [0.1, 0.15) is 10.4 Å². The lowest BCUT2D eigenvalue weighted by atomic mass is 10.1. The minimum atomic E-state index is -0.452. The number of benzene rings is 1. The van der Waals surface area contributed by atoms with Gasteiger partial charge in [-0.3, -0.25) is 9.59 Å². The predicted octanol–water partition coefficient (Wildman–Crippen LogP) is 4.66. The number of nitrogens with zero attached hydrogens (tertiary/aromatic N) is 4. The van der Waals surface area contributed by atoms with Crippen LogP contribution in [0.15, 0.2) is 117 Å². The average Bonchev–Trinajstić information content (AvgIpc) is 3.15. The van der Waals surface area contributed by atoms with Gasteiger partial charge in [0.15, 0.2) is 5.84 Å². The van der Waals surface area contributed by atoms with Crippen LogP contribution in [0.3, 0.4) is 0 Å². The van der Waals surface area contributed by atoms with Crippen molar-refractivity contribution in [2.45, 2.75) is 0 Å². The lowest BCUT2D eigenvalue weighted by molar-refractivity contribution is 0.0995. The second kappa shape index (κ2) is 8.49. The zero-order valence-electron chi connectivity index (χ0n) is 15.1. The number of hydrogen-bond donors (Lipinski definition) is 1. The van der Waals surface area contributed by atoms with Crippen LogP contribution >= 0.6 is 11.8 Å². The molecule has 1 N–H and O–H groups in total. The number of rotatable bonds is 2. The highest BCUT2D eigenvalue weighted by atomic mass is 32.2. The van der Waals surface area contributed by atoms with Crippen molar-refractivity contribution in [3.63, 3.8) is 0 Å². The summed E-state index contributed by atoms with van der Waals surface area (Å²) >= 11 is 0.945. The van der Waals surface area contributed by atoms with Gasteiger partial charge >= 0.3 is 5.24 Å². The van der Waals surface area contributed by atoms with E-state index in [-0.39, 0.29) is 5.24 Å². The van der Waals surface area contributed by atoms with Gasteiger partial charge in [0.1, 0.15) is 0 Å². The van der Waals surface area contributed by atoms with E-state index in [4.69, 9.17) is 0 Å². The van der Waals surface area contributed by atoms with Crippen molar-refractivity contribution in [2.75, 3.05) is 0 Å². The molecule has 0 aliphatic carbocycles. The van der Waals surface area contributed by atoms with Crippen LogP contribution < -0.4 is 5.32 Å². The number of dihydropyridines is 1. The number of carbonyl (C=O) groups excluding carboxylic acids is 2. The summed E-state index contributed by atoms with van der Waals surface area (Å²) < 4.78 is 0. The molecule has 8 heteroatoms. The van der Waals surface area contributed by atoms with Crippen LogP contribution in [-0.2, 0) is 0 Å². The SMILES string of the molecule is O=C1N=C(N2C=CC(=C3C=CNC=C3)C=C2)C(=CN=NC(=O)c2ccccc2)S1. The van der Waals surface area contributed by atoms with E-state index in [1.807, 2.05) is 55.2 Å². The number of aliphatic imine (C=N–C) groups is 1. The molecule has 0 bridgehead atoms. The van der Waals surface area contributed by atoms with Gasteiger partial charge in [-0.25, -0.2) is 0 Å². The molecular formula is C21H15N5O2S. The second-order valence-electron chi connectivity index (χ2n) is 5.97. The topological polar surface area (TPSA) is 86.5 Å². The third-order valence-corrected chi connectivity index (χ3v) is 4.86. The van der Waals surface area contributed by atoms with Crippen molar-refractivity contribution in [3.05, 3.63) is 107 Å². The maximum atomic E-state index is 12.0. The van der Waals surface area contributed by atoms with Crippen LogP contribution in [0, 0.1) is 0 Å². The van der Waals surface area contributed by atoms with Gasteiger partial charge in [0.2, 0.25) is 0 Å². The maximum absolute atomic E-state index is 12.0. The number of nitrogens with one attached hydrogen (secondary N) is 1. The molecule has 0 aromatic heterocycles. The molecule has 0 saturated carbocycles. The van der Waals surface area contributed by atoms with Gasteiger partial charge in [-0.15, -0.1) is 5.11 Å². The monoisotopic (exact) mass is 401 g/mol. The van der Waals surface area contributed by atoms with Crippen LogP contribution in [0.25, 0.3) is 0 Å². The number of amidine groups is 1. The Bertz CT molecular complexity index is 1060. The smallest absolute Gasteiger partial charge is 0.311 e.